The van der Waals surface area contributed by atoms with Crippen LogP contribution in [-0.2, 0) is 11.2 Å². The first-order valence-electron chi connectivity index (χ1n) is 6.15. The van der Waals surface area contributed by atoms with Gasteiger partial charge in [-0.2, -0.15) is 5.10 Å². The molecule has 1 amide bonds. The van der Waals surface area contributed by atoms with Crippen LogP contribution in [0.4, 0.5) is 0 Å². The molecular weight excluding hydrogens is 312 g/mol. The number of hydrogen-bond donors (Lipinski definition) is 2. The van der Waals surface area contributed by atoms with E-state index in [1.54, 1.807) is 6.08 Å². The zero-order valence-electron chi connectivity index (χ0n) is 10.8. The van der Waals surface area contributed by atoms with Gasteiger partial charge in [0.15, 0.2) is 10.1 Å². The summed E-state index contributed by atoms with van der Waals surface area (Å²) in [5.41, 5.74) is 0.693. The molecule has 3 aromatic rings. The third-order valence-electron chi connectivity index (χ3n) is 2.77. The van der Waals surface area contributed by atoms with Crippen LogP contribution in [0.15, 0.2) is 24.0 Å². The monoisotopic (exact) mass is 322 g/mol. The zero-order valence-corrected chi connectivity index (χ0v) is 12.4. The average Bonchev–Trinajstić information content (AvgIpc) is 3.15. The Kier molecular flexibility index (Phi) is 3.98. The van der Waals surface area contributed by atoms with Gasteiger partial charge in [-0.05, 0) is 6.08 Å². The second-order valence-corrected chi connectivity index (χ2v) is 5.38. The predicted molar refractivity (Wildman–Crippen MR) is 80.2 cm³/mol. The number of halogens is 1. The smallest absolute Gasteiger partial charge is 0.244 e. The molecule has 2 N–H and O–H groups in total. The molecule has 9 heteroatoms. The molecule has 0 aliphatic carbocycles. The standard InChI is InChI=1S/C12H11ClN6OS/c13-11-8(19-5-6-21-12(19)17-11)1-2-10(20)14-4-3-9-15-7-16-18-9/h1-2,5-7H,3-4H2,(H,14,20)(H,15,16,18). The highest BCUT2D eigenvalue weighted by Gasteiger charge is 2.08. The van der Waals surface area contributed by atoms with Gasteiger partial charge in [-0.1, -0.05) is 11.6 Å². The lowest BCUT2D eigenvalue weighted by Crippen LogP contribution is -2.23. The Labute approximate surface area is 128 Å². The first-order valence-corrected chi connectivity index (χ1v) is 7.41. The van der Waals surface area contributed by atoms with E-state index in [4.69, 9.17) is 11.6 Å². The quantitative estimate of drug-likeness (QED) is 0.697. The Morgan fingerprint density at radius 3 is 3.29 bits per heavy atom. The number of thiazole rings is 1. The first-order chi connectivity index (χ1) is 10.2. The topological polar surface area (TPSA) is 88.0 Å². The van der Waals surface area contributed by atoms with Crippen molar-refractivity contribution >= 4 is 39.9 Å². The molecule has 0 aliphatic heterocycles. The van der Waals surface area contributed by atoms with Crippen molar-refractivity contribution in [2.24, 2.45) is 0 Å². The highest BCUT2D eigenvalue weighted by Crippen LogP contribution is 2.22. The summed E-state index contributed by atoms with van der Waals surface area (Å²) in [6.45, 7) is 0.479. The molecule has 0 saturated carbocycles. The maximum Gasteiger partial charge on any atom is 0.244 e. The molecule has 0 saturated heterocycles. The fraction of sp³-hybridized carbons (Fsp3) is 0.167. The molecule has 0 aromatic carbocycles. The number of nitrogens with zero attached hydrogens (tertiary/aromatic N) is 4. The van der Waals surface area contributed by atoms with Crippen LogP contribution in [0.25, 0.3) is 11.0 Å². The third kappa shape index (κ3) is 3.11. The highest BCUT2D eigenvalue weighted by atomic mass is 35.5. The van der Waals surface area contributed by atoms with E-state index in [-0.39, 0.29) is 5.91 Å². The van der Waals surface area contributed by atoms with E-state index in [1.807, 2.05) is 16.0 Å². The number of aromatic nitrogens is 5. The van der Waals surface area contributed by atoms with Crippen molar-refractivity contribution in [3.8, 4) is 0 Å². The summed E-state index contributed by atoms with van der Waals surface area (Å²) in [5.74, 6) is 0.536. The molecule has 7 nitrogen and oxygen atoms in total. The lowest BCUT2D eigenvalue weighted by molar-refractivity contribution is -0.116. The van der Waals surface area contributed by atoms with Crippen molar-refractivity contribution in [2.45, 2.75) is 6.42 Å². The van der Waals surface area contributed by atoms with Gasteiger partial charge in [-0.15, -0.1) is 11.3 Å². The summed E-state index contributed by atoms with van der Waals surface area (Å²) in [6, 6.07) is 0. The number of fused-ring (bicyclic) bond motifs is 1. The van der Waals surface area contributed by atoms with E-state index in [0.29, 0.717) is 23.8 Å². The van der Waals surface area contributed by atoms with Crippen molar-refractivity contribution in [3.63, 3.8) is 0 Å². The minimum Gasteiger partial charge on any atom is -0.352 e. The molecule has 0 atom stereocenters. The fourth-order valence-electron chi connectivity index (χ4n) is 1.79. The summed E-state index contributed by atoms with van der Waals surface area (Å²) < 4.78 is 1.84. The van der Waals surface area contributed by atoms with Gasteiger partial charge in [0, 0.05) is 30.6 Å². The van der Waals surface area contributed by atoms with E-state index >= 15 is 0 Å². The molecule has 0 spiro atoms. The summed E-state index contributed by atoms with van der Waals surface area (Å²) in [5, 5.41) is 11.5. The van der Waals surface area contributed by atoms with Crippen LogP contribution in [0.5, 0.6) is 0 Å². The molecule has 0 bridgehead atoms. The molecule has 108 valence electrons. The minimum absolute atomic E-state index is 0.198. The van der Waals surface area contributed by atoms with Gasteiger partial charge in [0.25, 0.3) is 0 Å². The van der Waals surface area contributed by atoms with E-state index < -0.39 is 0 Å². The number of rotatable bonds is 5. The lowest BCUT2D eigenvalue weighted by atomic mass is 10.3. The SMILES string of the molecule is O=C(C=Cc1c(Cl)nc2sccn12)NCCc1ncn[nH]1. The number of nitrogens with one attached hydrogen (secondary N) is 2. The summed E-state index contributed by atoms with van der Waals surface area (Å²) in [4.78, 5) is 20.7. The summed E-state index contributed by atoms with van der Waals surface area (Å²) in [6.07, 6.45) is 6.99. The van der Waals surface area contributed by atoms with Gasteiger partial charge in [0.2, 0.25) is 5.91 Å². The van der Waals surface area contributed by atoms with Crippen LogP contribution >= 0.6 is 22.9 Å². The van der Waals surface area contributed by atoms with Gasteiger partial charge in [0.1, 0.15) is 12.2 Å². The highest BCUT2D eigenvalue weighted by molar-refractivity contribution is 7.15. The van der Waals surface area contributed by atoms with Crippen molar-refractivity contribution in [1.29, 1.82) is 0 Å². The second-order valence-electron chi connectivity index (χ2n) is 4.15. The van der Waals surface area contributed by atoms with E-state index in [2.05, 4.69) is 25.5 Å². The van der Waals surface area contributed by atoms with Crippen LogP contribution in [0.1, 0.15) is 11.5 Å². The van der Waals surface area contributed by atoms with Crippen molar-refractivity contribution in [3.05, 3.63) is 40.7 Å². The Balaban J connectivity index is 1.59. The molecule has 3 rings (SSSR count). The van der Waals surface area contributed by atoms with Crippen molar-refractivity contribution in [1.82, 2.24) is 29.9 Å². The Morgan fingerprint density at radius 2 is 2.48 bits per heavy atom. The number of carbonyl (C=O) groups excluding carboxylic acids is 1. The second kappa shape index (κ2) is 6.06. The molecule has 0 radical (unpaired) electrons. The maximum absolute atomic E-state index is 11.7. The van der Waals surface area contributed by atoms with Gasteiger partial charge in [0.05, 0.1) is 5.69 Å². The van der Waals surface area contributed by atoms with Gasteiger partial charge < -0.3 is 5.32 Å². The molecule has 21 heavy (non-hydrogen) atoms. The average molecular weight is 323 g/mol. The Hall–Kier alpha value is -2.19. The van der Waals surface area contributed by atoms with Crippen LogP contribution in [-0.4, -0.2) is 37.0 Å². The number of H-pyrrole nitrogens is 1. The first kappa shape index (κ1) is 13.8. The number of aromatic amines is 1. The number of hydrogen-bond acceptors (Lipinski definition) is 5. The molecule has 3 heterocycles. The van der Waals surface area contributed by atoms with Crippen LogP contribution in [0, 0.1) is 0 Å². The molecule has 0 aliphatic rings. The van der Waals surface area contributed by atoms with Gasteiger partial charge in [-0.3, -0.25) is 14.3 Å². The molecular formula is C12H11ClN6OS. The molecule has 3 aromatic heterocycles. The van der Waals surface area contributed by atoms with E-state index in [0.717, 1.165) is 10.8 Å². The van der Waals surface area contributed by atoms with Crippen molar-refractivity contribution in [2.75, 3.05) is 6.54 Å². The zero-order chi connectivity index (χ0) is 14.7. The minimum atomic E-state index is -0.198. The number of amides is 1. The largest absolute Gasteiger partial charge is 0.352 e. The van der Waals surface area contributed by atoms with Gasteiger partial charge in [-0.25, -0.2) is 9.97 Å². The van der Waals surface area contributed by atoms with Gasteiger partial charge >= 0.3 is 0 Å². The van der Waals surface area contributed by atoms with E-state index in [1.165, 1.54) is 23.7 Å². The molecule has 0 fully saturated rings. The molecule has 0 unspecified atom stereocenters. The van der Waals surface area contributed by atoms with Crippen LogP contribution < -0.4 is 5.32 Å². The van der Waals surface area contributed by atoms with E-state index in [9.17, 15) is 4.79 Å². The van der Waals surface area contributed by atoms with Crippen molar-refractivity contribution < 1.29 is 4.79 Å². The van der Waals surface area contributed by atoms with Crippen LogP contribution in [0.2, 0.25) is 5.15 Å². The maximum atomic E-state index is 11.7. The number of imidazole rings is 1. The predicted octanol–water partition coefficient (Wildman–Crippen LogP) is 1.54. The summed E-state index contributed by atoms with van der Waals surface area (Å²) >= 11 is 7.52. The lowest BCUT2D eigenvalue weighted by Gasteiger charge is -1.99. The summed E-state index contributed by atoms with van der Waals surface area (Å²) in [7, 11) is 0. The number of carbonyl (C=O) groups is 1. The van der Waals surface area contributed by atoms with Crippen LogP contribution in [0.3, 0.4) is 0 Å². The Bertz CT molecular complexity index is 775. The fourth-order valence-corrected chi connectivity index (χ4v) is 2.80. The normalized spacial score (nSPS) is 11.5. The third-order valence-corrected chi connectivity index (χ3v) is 3.81. The Morgan fingerprint density at radius 1 is 1.57 bits per heavy atom.